The SMILES string of the molecule is C=C(C)COC(=O)c1ccc(COC)cc1. The molecule has 3 nitrogen and oxygen atoms in total. The lowest BCUT2D eigenvalue weighted by Gasteiger charge is -2.05. The van der Waals surface area contributed by atoms with Crippen LogP contribution in [0.1, 0.15) is 22.8 Å². The van der Waals surface area contributed by atoms with Crippen LogP contribution in [0.3, 0.4) is 0 Å². The van der Waals surface area contributed by atoms with Gasteiger partial charge in [0.25, 0.3) is 0 Å². The van der Waals surface area contributed by atoms with Gasteiger partial charge in [-0.05, 0) is 30.2 Å². The maximum absolute atomic E-state index is 11.5. The third kappa shape index (κ3) is 3.87. The molecule has 0 aliphatic carbocycles. The summed E-state index contributed by atoms with van der Waals surface area (Å²) >= 11 is 0. The Morgan fingerprint density at radius 3 is 2.44 bits per heavy atom. The van der Waals surface area contributed by atoms with Gasteiger partial charge >= 0.3 is 5.97 Å². The quantitative estimate of drug-likeness (QED) is 0.565. The van der Waals surface area contributed by atoms with E-state index in [1.165, 1.54) is 0 Å². The molecular weight excluding hydrogens is 204 g/mol. The van der Waals surface area contributed by atoms with Gasteiger partial charge in [-0.15, -0.1) is 0 Å². The molecule has 0 aromatic heterocycles. The second-order valence-electron chi connectivity index (χ2n) is 3.66. The molecule has 0 amide bonds. The summed E-state index contributed by atoms with van der Waals surface area (Å²) < 4.78 is 10.00. The van der Waals surface area contributed by atoms with Gasteiger partial charge in [-0.3, -0.25) is 0 Å². The van der Waals surface area contributed by atoms with Gasteiger partial charge < -0.3 is 9.47 Å². The summed E-state index contributed by atoms with van der Waals surface area (Å²) in [5.41, 5.74) is 2.39. The van der Waals surface area contributed by atoms with Crippen molar-refractivity contribution >= 4 is 5.97 Å². The lowest BCUT2D eigenvalue weighted by molar-refractivity contribution is 0.0540. The summed E-state index contributed by atoms with van der Waals surface area (Å²) in [4.78, 5) is 11.5. The largest absolute Gasteiger partial charge is 0.458 e. The van der Waals surface area contributed by atoms with Crippen LogP contribution in [0, 0.1) is 0 Å². The summed E-state index contributed by atoms with van der Waals surface area (Å²) in [6.45, 7) is 6.29. The Morgan fingerprint density at radius 2 is 1.94 bits per heavy atom. The van der Waals surface area contributed by atoms with Crippen LogP contribution < -0.4 is 0 Å². The topological polar surface area (TPSA) is 35.5 Å². The molecule has 0 fully saturated rings. The molecule has 0 N–H and O–H groups in total. The lowest BCUT2D eigenvalue weighted by atomic mass is 10.1. The Kier molecular flexibility index (Phi) is 4.73. The predicted molar refractivity (Wildman–Crippen MR) is 62.3 cm³/mol. The highest BCUT2D eigenvalue weighted by molar-refractivity contribution is 5.89. The number of carbonyl (C=O) groups is 1. The number of rotatable bonds is 5. The highest BCUT2D eigenvalue weighted by atomic mass is 16.5. The molecule has 0 saturated carbocycles. The van der Waals surface area contributed by atoms with Gasteiger partial charge in [0.15, 0.2) is 0 Å². The Labute approximate surface area is 95.7 Å². The standard InChI is InChI=1S/C13H16O3/c1-10(2)8-16-13(14)12-6-4-11(5-7-12)9-15-3/h4-7H,1,8-9H2,2-3H3. The van der Waals surface area contributed by atoms with Gasteiger partial charge in [0, 0.05) is 7.11 Å². The van der Waals surface area contributed by atoms with Crippen LogP contribution in [-0.2, 0) is 16.1 Å². The highest BCUT2D eigenvalue weighted by Crippen LogP contribution is 2.07. The monoisotopic (exact) mass is 220 g/mol. The minimum Gasteiger partial charge on any atom is -0.458 e. The molecule has 0 spiro atoms. The minimum atomic E-state index is -0.327. The second-order valence-corrected chi connectivity index (χ2v) is 3.66. The first-order valence-electron chi connectivity index (χ1n) is 5.03. The fourth-order valence-corrected chi connectivity index (χ4v) is 1.18. The maximum Gasteiger partial charge on any atom is 0.338 e. The molecule has 0 unspecified atom stereocenters. The van der Waals surface area contributed by atoms with E-state index in [0.29, 0.717) is 12.2 Å². The number of ether oxygens (including phenoxy) is 2. The zero-order valence-corrected chi connectivity index (χ0v) is 9.66. The highest BCUT2D eigenvalue weighted by Gasteiger charge is 2.06. The number of esters is 1. The Hall–Kier alpha value is -1.61. The van der Waals surface area contributed by atoms with Gasteiger partial charge in [-0.2, -0.15) is 0 Å². The smallest absolute Gasteiger partial charge is 0.338 e. The molecule has 86 valence electrons. The molecule has 1 aromatic rings. The number of methoxy groups -OCH3 is 1. The van der Waals surface area contributed by atoms with Crippen molar-refractivity contribution in [2.45, 2.75) is 13.5 Å². The van der Waals surface area contributed by atoms with Gasteiger partial charge in [0.2, 0.25) is 0 Å². The van der Waals surface area contributed by atoms with Crippen molar-refractivity contribution in [1.29, 1.82) is 0 Å². The molecular formula is C13H16O3. The summed E-state index contributed by atoms with van der Waals surface area (Å²) in [5, 5.41) is 0. The van der Waals surface area contributed by atoms with Crippen molar-refractivity contribution in [2.24, 2.45) is 0 Å². The van der Waals surface area contributed by atoms with Crippen LogP contribution in [0.5, 0.6) is 0 Å². The van der Waals surface area contributed by atoms with E-state index < -0.39 is 0 Å². The minimum absolute atomic E-state index is 0.263. The van der Waals surface area contributed by atoms with Crippen LogP contribution in [0.4, 0.5) is 0 Å². The third-order valence-corrected chi connectivity index (χ3v) is 1.95. The van der Waals surface area contributed by atoms with Gasteiger partial charge in [-0.1, -0.05) is 18.7 Å². The molecule has 0 saturated heterocycles. The summed E-state index contributed by atoms with van der Waals surface area (Å²) in [6.07, 6.45) is 0. The second kappa shape index (κ2) is 6.08. The van der Waals surface area contributed by atoms with E-state index >= 15 is 0 Å². The van der Waals surface area contributed by atoms with E-state index in [4.69, 9.17) is 9.47 Å². The van der Waals surface area contributed by atoms with Crippen molar-refractivity contribution in [3.8, 4) is 0 Å². The first kappa shape index (κ1) is 12.5. The van der Waals surface area contributed by atoms with Crippen molar-refractivity contribution in [3.63, 3.8) is 0 Å². The van der Waals surface area contributed by atoms with E-state index in [0.717, 1.165) is 11.1 Å². The number of carbonyl (C=O) groups excluding carboxylic acids is 1. The van der Waals surface area contributed by atoms with Crippen molar-refractivity contribution in [1.82, 2.24) is 0 Å². The summed E-state index contributed by atoms with van der Waals surface area (Å²) in [7, 11) is 1.63. The number of benzene rings is 1. The molecule has 0 bridgehead atoms. The average Bonchev–Trinajstić information content (AvgIpc) is 2.27. The van der Waals surface area contributed by atoms with Crippen molar-refractivity contribution in [2.75, 3.05) is 13.7 Å². The average molecular weight is 220 g/mol. The molecule has 1 rings (SSSR count). The van der Waals surface area contributed by atoms with E-state index in [1.807, 2.05) is 19.1 Å². The van der Waals surface area contributed by atoms with Crippen molar-refractivity contribution < 1.29 is 14.3 Å². The maximum atomic E-state index is 11.5. The Balaban J connectivity index is 2.59. The zero-order chi connectivity index (χ0) is 12.0. The molecule has 0 heterocycles. The van der Waals surface area contributed by atoms with E-state index in [-0.39, 0.29) is 12.6 Å². The van der Waals surface area contributed by atoms with E-state index in [9.17, 15) is 4.79 Å². The summed E-state index contributed by atoms with van der Waals surface area (Å²) in [5.74, 6) is -0.327. The first-order valence-corrected chi connectivity index (χ1v) is 5.03. The van der Waals surface area contributed by atoms with E-state index in [2.05, 4.69) is 6.58 Å². The Bertz CT molecular complexity index is 365. The Morgan fingerprint density at radius 1 is 1.31 bits per heavy atom. The fourth-order valence-electron chi connectivity index (χ4n) is 1.18. The zero-order valence-electron chi connectivity index (χ0n) is 9.66. The summed E-state index contributed by atoms with van der Waals surface area (Å²) in [6, 6.07) is 7.16. The molecule has 16 heavy (non-hydrogen) atoms. The van der Waals surface area contributed by atoms with Crippen LogP contribution in [0.2, 0.25) is 0 Å². The fraction of sp³-hybridized carbons (Fsp3) is 0.308. The number of hydrogen-bond donors (Lipinski definition) is 0. The molecule has 1 aromatic carbocycles. The first-order chi connectivity index (χ1) is 7.63. The molecule has 0 atom stereocenters. The van der Waals surface area contributed by atoms with Crippen LogP contribution in [-0.4, -0.2) is 19.7 Å². The molecule has 0 radical (unpaired) electrons. The van der Waals surface area contributed by atoms with Gasteiger partial charge in [0.1, 0.15) is 6.61 Å². The predicted octanol–water partition coefficient (Wildman–Crippen LogP) is 2.57. The van der Waals surface area contributed by atoms with Gasteiger partial charge in [0.05, 0.1) is 12.2 Å². The van der Waals surface area contributed by atoms with Gasteiger partial charge in [-0.25, -0.2) is 4.79 Å². The van der Waals surface area contributed by atoms with Crippen LogP contribution >= 0.6 is 0 Å². The lowest BCUT2D eigenvalue weighted by Crippen LogP contribution is -2.06. The van der Waals surface area contributed by atoms with E-state index in [1.54, 1.807) is 19.2 Å². The van der Waals surface area contributed by atoms with Crippen LogP contribution in [0.15, 0.2) is 36.4 Å². The third-order valence-electron chi connectivity index (χ3n) is 1.95. The molecule has 0 aliphatic heterocycles. The van der Waals surface area contributed by atoms with Crippen LogP contribution in [0.25, 0.3) is 0 Å². The normalized spacial score (nSPS) is 9.88. The molecule has 3 heteroatoms. The molecule has 0 aliphatic rings. The van der Waals surface area contributed by atoms with Crippen molar-refractivity contribution in [3.05, 3.63) is 47.5 Å². The number of hydrogen-bond acceptors (Lipinski definition) is 3.